The standard InChI is InChI=1S/C13H11ClN4O2/c1-15-12(19)8-2-4-9(5-3-8)18-13(20)10-6-17-11(14)7-16-10/h2-7H,1H3,(H,15,19)(H,18,20). The number of halogens is 1. The maximum absolute atomic E-state index is 11.9. The number of hydrogen-bond acceptors (Lipinski definition) is 4. The van der Waals surface area contributed by atoms with Crippen LogP contribution in [0.4, 0.5) is 5.69 Å². The molecule has 0 unspecified atom stereocenters. The molecule has 2 aromatic rings. The van der Waals surface area contributed by atoms with Crippen molar-refractivity contribution < 1.29 is 9.59 Å². The zero-order valence-corrected chi connectivity index (χ0v) is 11.3. The predicted octanol–water partition coefficient (Wildman–Crippen LogP) is 1.74. The Labute approximate surface area is 120 Å². The van der Waals surface area contributed by atoms with Gasteiger partial charge < -0.3 is 10.6 Å². The molecule has 1 aromatic heterocycles. The van der Waals surface area contributed by atoms with Crippen LogP contribution in [0.25, 0.3) is 0 Å². The van der Waals surface area contributed by atoms with Crippen molar-refractivity contribution in [3.8, 4) is 0 Å². The Morgan fingerprint density at radius 3 is 2.30 bits per heavy atom. The van der Waals surface area contributed by atoms with Gasteiger partial charge in [0.15, 0.2) is 0 Å². The van der Waals surface area contributed by atoms with Gasteiger partial charge in [0, 0.05) is 18.3 Å². The fraction of sp³-hybridized carbons (Fsp3) is 0.0769. The molecule has 0 saturated heterocycles. The molecular weight excluding hydrogens is 280 g/mol. The summed E-state index contributed by atoms with van der Waals surface area (Å²) in [4.78, 5) is 30.9. The van der Waals surface area contributed by atoms with Crippen LogP contribution in [0.5, 0.6) is 0 Å². The normalized spacial score (nSPS) is 9.90. The lowest BCUT2D eigenvalue weighted by atomic mass is 10.2. The lowest BCUT2D eigenvalue weighted by Crippen LogP contribution is -2.18. The smallest absolute Gasteiger partial charge is 0.275 e. The molecule has 0 aliphatic heterocycles. The van der Waals surface area contributed by atoms with E-state index in [1.807, 2.05) is 0 Å². The Hall–Kier alpha value is -2.47. The van der Waals surface area contributed by atoms with E-state index >= 15 is 0 Å². The van der Waals surface area contributed by atoms with Gasteiger partial charge in [-0.25, -0.2) is 9.97 Å². The second kappa shape index (κ2) is 6.12. The zero-order valence-electron chi connectivity index (χ0n) is 10.6. The van der Waals surface area contributed by atoms with Gasteiger partial charge in [-0.3, -0.25) is 9.59 Å². The third-order valence-electron chi connectivity index (χ3n) is 2.48. The Bertz CT molecular complexity index is 626. The molecule has 20 heavy (non-hydrogen) atoms. The molecule has 102 valence electrons. The minimum Gasteiger partial charge on any atom is -0.355 e. The maximum Gasteiger partial charge on any atom is 0.275 e. The van der Waals surface area contributed by atoms with Gasteiger partial charge in [0.2, 0.25) is 0 Å². The Kier molecular flexibility index (Phi) is 4.27. The van der Waals surface area contributed by atoms with Crippen molar-refractivity contribution >= 4 is 29.1 Å². The molecule has 0 bridgehead atoms. The van der Waals surface area contributed by atoms with Gasteiger partial charge in [-0.1, -0.05) is 11.6 Å². The molecule has 0 radical (unpaired) electrons. The number of rotatable bonds is 3. The molecule has 7 heteroatoms. The van der Waals surface area contributed by atoms with Crippen LogP contribution in [0.1, 0.15) is 20.8 Å². The number of aromatic nitrogens is 2. The topological polar surface area (TPSA) is 84.0 Å². The Morgan fingerprint density at radius 2 is 1.75 bits per heavy atom. The van der Waals surface area contributed by atoms with Crippen LogP contribution in [-0.2, 0) is 0 Å². The van der Waals surface area contributed by atoms with E-state index in [0.29, 0.717) is 11.3 Å². The second-order valence-electron chi connectivity index (χ2n) is 3.83. The molecule has 0 aliphatic rings. The van der Waals surface area contributed by atoms with Crippen molar-refractivity contribution in [2.75, 3.05) is 12.4 Å². The molecule has 0 saturated carbocycles. The molecule has 1 heterocycles. The second-order valence-corrected chi connectivity index (χ2v) is 4.22. The molecule has 6 nitrogen and oxygen atoms in total. The van der Waals surface area contributed by atoms with E-state index < -0.39 is 5.91 Å². The summed E-state index contributed by atoms with van der Waals surface area (Å²) in [7, 11) is 1.55. The molecule has 2 rings (SSSR count). The van der Waals surface area contributed by atoms with E-state index in [4.69, 9.17) is 11.6 Å². The van der Waals surface area contributed by atoms with Crippen LogP contribution < -0.4 is 10.6 Å². The maximum atomic E-state index is 11.9. The number of carbonyl (C=O) groups is 2. The van der Waals surface area contributed by atoms with Crippen molar-refractivity contribution in [2.45, 2.75) is 0 Å². The highest BCUT2D eigenvalue weighted by Gasteiger charge is 2.09. The number of nitrogens with one attached hydrogen (secondary N) is 2. The van der Waals surface area contributed by atoms with Crippen molar-refractivity contribution in [2.24, 2.45) is 0 Å². The van der Waals surface area contributed by atoms with Crippen LogP contribution in [0.15, 0.2) is 36.7 Å². The fourth-order valence-corrected chi connectivity index (χ4v) is 1.57. The average molecular weight is 291 g/mol. The summed E-state index contributed by atoms with van der Waals surface area (Å²) in [6, 6.07) is 6.49. The minimum atomic E-state index is -0.401. The van der Waals surface area contributed by atoms with Gasteiger partial charge >= 0.3 is 0 Å². The summed E-state index contributed by atoms with van der Waals surface area (Å²) in [6.07, 6.45) is 2.59. The van der Waals surface area contributed by atoms with E-state index in [9.17, 15) is 9.59 Å². The van der Waals surface area contributed by atoms with Gasteiger partial charge in [0.1, 0.15) is 10.8 Å². The molecule has 1 aromatic carbocycles. The van der Waals surface area contributed by atoms with E-state index in [-0.39, 0.29) is 16.8 Å². The van der Waals surface area contributed by atoms with Gasteiger partial charge in [-0.2, -0.15) is 0 Å². The number of nitrogens with zero attached hydrogens (tertiary/aromatic N) is 2. The predicted molar refractivity (Wildman–Crippen MR) is 74.8 cm³/mol. The molecule has 0 spiro atoms. The number of hydrogen-bond donors (Lipinski definition) is 2. The summed E-state index contributed by atoms with van der Waals surface area (Å²) < 4.78 is 0. The van der Waals surface area contributed by atoms with Gasteiger partial charge in [-0.05, 0) is 24.3 Å². The summed E-state index contributed by atoms with van der Waals surface area (Å²) >= 11 is 5.59. The molecule has 2 amide bonds. The average Bonchev–Trinajstić information content (AvgIpc) is 2.48. The van der Waals surface area contributed by atoms with E-state index in [1.54, 1.807) is 31.3 Å². The first-order valence-electron chi connectivity index (χ1n) is 5.71. The first-order chi connectivity index (χ1) is 9.60. The minimum absolute atomic E-state index is 0.157. The monoisotopic (exact) mass is 290 g/mol. The van der Waals surface area contributed by atoms with Crippen LogP contribution in [-0.4, -0.2) is 28.8 Å². The van der Waals surface area contributed by atoms with Gasteiger partial charge in [-0.15, -0.1) is 0 Å². The highest BCUT2D eigenvalue weighted by Crippen LogP contribution is 2.11. The fourth-order valence-electron chi connectivity index (χ4n) is 1.47. The SMILES string of the molecule is CNC(=O)c1ccc(NC(=O)c2cnc(Cl)cn2)cc1. The van der Waals surface area contributed by atoms with Crippen LogP contribution in [0.3, 0.4) is 0 Å². The van der Waals surface area contributed by atoms with E-state index in [2.05, 4.69) is 20.6 Å². The number of amides is 2. The van der Waals surface area contributed by atoms with Crippen LogP contribution in [0.2, 0.25) is 5.15 Å². The third-order valence-corrected chi connectivity index (χ3v) is 2.68. The van der Waals surface area contributed by atoms with Crippen molar-refractivity contribution in [1.82, 2.24) is 15.3 Å². The molecule has 0 atom stereocenters. The van der Waals surface area contributed by atoms with Crippen molar-refractivity contribution in [3.63, 3.8) is 0 Å². The number of benzene rings is 1. The zero-order chi connectivity index (χ0) is 14.5. The summed E-state index contributed by atoms with van der Waals surface area (Å²) in [6.45, 7) is 0. The Morgan fingerprint density at radius 1 is 1.05 bits per heavy atom. The van der Waals surface area contributed by atoms with Crippen molar-refractivity contribution in [1.29, 1.82) is 0 Å². The molecule has 2 N–H and O–H groups in total. The van der Waals surface area contributed by atoms with Gasteiger partial charge in [0.05, 0.1) is 12.4 Å². The lowest BCUT2D eigenvalue weighted by Gasteiger charge is -2.05. The molecule has 0 fully saturated rings. The quantitative estimate of drug-likeness (QED) is 0.902. The van der Waals surface area contributed by atoms with Crippen LogP contribution >= 0.6 is 11.6 Å². The highest BCUT2D eigenvalue weighted by molar-refractivity contribution is 6.29. The summed E-state index contributed by atoms with van der Waals surface area (Å²) in [5, 5.41) is 5.38. The number of carbonyl (C=O) groups excluding carboxylic acids is 2. The summed E-state index contributed by atoms with van der Waals surface area (Å²) in [5.74, 6) is -0.590. The molecular formula is C13H11ClN4O2. The van der Waals surface area contributed by atoms with Crippen molar-refractivity contribution in [3.05, 3.63) is 53.1 Å². The van der Waals surface area contributed by atoms with Crippen LogP contribution in [0, 0.1) is 0 Å². The molecule has 0 aliphatic carbocycles. The Balaban J connectivity index is 2.08. The van der Waals surface area contributed by atoms with E-state index in [1.165, 1.54) is 12.4 Å². The van der Waals surface area contributed by atoms with Gasteiger partial charge in [0.25, 0.3) is 11.8 Å². The number of anilines is 1. The summed E-state index contributed by atoms with van der Waals surface area (Å²) in [5.41, 5.74) is 1.22. The first kappa shape index (κ1) is 14.0. The first-order valence-corrected chi connectivity index (χ1v) is 6.09. The highest BCUT2D eigenvalue weighted by atomic mass is 35.5. The third kappa shape index (κ3) is 3.30. The largest absolute Gasteiger partial charge is 0.355 e. The lowest BCUT2D eigenvalue weighted by molar-refractivity contribution is 0.0962. The van der Waals surface area contributed by atoms with E-state index in [0.717, 1.165) is 0 Å².